The molecule has 160 valence electrons. The van der Waals surface area contributed by atoms with Gasteiger partial charge in [-0.25, -0.2) is 18.7 Å². The van der Waals surface area contributed by atoms with Crippen LogP contribution >= 0.6 is 0 Å². The van der Waals surface area contributed by atoms with Crippen molar-refractivity contribution in [2.45, 2.75) is 18.8 Å². The topological polar surface area (TPSA) is 70.2 Å². The van der Waals surface area contributed by atoms with Gasteiger partial charge >= 0.3 is 0 Å². The Bertz CT molecular complexity index is 1020. The number of nitrogens with zero attached hydrogens (tertiary/aromatic N) is 3. The van der Waals surface area contributed by atoms with E-state index in [1.54, 1.807) is 6.20 Å². The molecule has 0 radical (unpaired) electrons. The summed E-state index contributed by atoms with van der Waals surface area (Å²) in [6, 6.07) is 15.0. The molecule has 0 spiro atoms. The molecule has 0 saturated carbocycles. The van der Waals surface area contributed by atoms with E-state index in [2.05, 4.69) is 15.6 Å². The summed E-state index contributed by atoms with van der Waals surface area (Å²) in [5.41, 5.74) is 0.599. The number of hydrogen-bond acceptors (Lipinski definition) is 5. The van der Waals surface area contributed by atoms with E-state index in [1.165, 1.54) is 6.07 Å². The molecular formula is C23H23F2N5O. The number of nitrogens with one attached hydrogen (secondary N) is 2. The van der Waals surface area contributed by atoms with Gasteiger partial charge in [-0.3, -0.25) is 9.69 Å². The number of amides is 1. The number of para-hydroxylation sites is 1. The van der Waals surface area contributed by atoms with E-state index in [9.17, 15) is 13.6 Å². The first-order valence-corrected chi connectivity index (χ1v) is 10.2. The van der Waals surface area contributed by atoms with Crippen LogP contribution in [0.25, 0.3) is 0 Å². The molecule has 0 aliphatic carbocycles. The molecule has 1 aliphatic heterocycles. The number of rotatable bonds is 6. The molecule has 3 aromatic rings. The van der Waals surface area contributed by atoms with Gasteiger partial charge in [-0.15, -0.1) is 0 Å². The number of hydrogen-bond donors (Lipinski definition) is 2. The van der Waals surface area contributed by atoms with Gasteiger partial charge in [-0.05, 0) is 62.3 Å². The van der Waals surface area contributed by atoms with Crippen molar-refractivity contribution in [1.82, 2.24) is 14.9 Å². The van der Waals surface area contributed by atoms with Gasteiger partial charge in [0.05, 0.1) is 6.54 Å². The fourth-order valence-electron chi connectivity index (χ4n) is 3.70. The molecule has 3 heterocycles. The summed E-state index contributed by atoms with van der Waals surface area (Å²) in [7, 11) is 0. The molecule has 4 rings (SSSR count). The second kappa shape index (κ2) is 9.61. The zero-order chi connectivity index (χ0) is 21.6. The van der Waals surface area contributed by atoms with Crippen LogP contribution in [0.15, 0.2) is 60.8 Å². The molecule has 1 aromatic carbocycles. The molecule has 6 nitrogen and oxygen atoms in total. The van der Waals surface area contributed by atoms with Crippen molar-refractivity contribution >= 4 is 23.2 Å². The van der Waals surface area contributed by atoms with Crippen molar-refractivity contribution in [3.8, 4) is 0 Å². The Morgan fingerprint density at radius 3 is 2.39 bits per heavy atom. The predicted molar refractivity (Wildman–Crippen MR) is 115 cm³/mol. The van der Waals surface area contributed by atoms with Crippen molar-refractivity contribution < 1.29 is 13.6 Å². The second-order valence-electron chi connectivity index (χ2n) is 7.48. The molecule has 1 amide bonds. The lowest BCUT2D eigenvalue weighted by molar-refractivity contribution is -0.117. The van der Waals surface area contributed by atoms with Crippen LogP contribution < -0.4 is 10.6 Å². The van der Waals surface area contributed by atoms with Gasteiger partial charge < -0.3 is 10.6 Å². The van der Waals surface area contributed by atoms with Crippen molar-refractivity contribution in [2.24, 2.45) is 0 Å². The van der Waals surface area contributed by atoms with Crippen LogP contribution in [0.1, 0.15) is 24.5 Å². The summed E-state index contributed by atoms with van der Waals surface area (Å²) in [6.07, 6.45) is 3.42. The van der Waals surface area contributed by atoms with Crippen LogP contribution in [0.3, 0.4) is 0 Å². The van der Waals surface area contributed by atoms with Gasteiger partial charge in [0.1, 0.15) is 29.0 Å². The minimum absolute atomic E-state index is 0.0925. The number of carbonyl (C=O) groups excluding carboxylic acids is 1. The Morgan fingerprint density at radius 1 is 0.968 bits per heavy atom. The zero-order valence-corrected chi connectivity index (χ0v) is 16.9. The Hall–Kier alpha value is -3.39. The van der Waals surface area contributed by atoms with Crippen LogP contribution in [0.5, 0.6) is 0 Å². The molecule has 1 fully saturated rings. The molecular weight excluding hydrogens is 400 g/mol. The van der Waals surface area contributed by atoms with Crippen LogP contribution in [-0.2, 0) is 4.79 Å². The van der Waals surface area contributed by atoms with Crippen molar-refractivity contribution in [1.29, 1.82) is 0 Å². The summed E-state index contributed by atoms with van der Waals surface area (Å²) in [5, 5.41) is 5.55. The van der Waals surface area contributed by atoms with E-state index in [0.29, 0.717) is 13.1 Å². The molecule has 1 saturated heterocycles. The summed E-state index contributed by atoms with van der Waals surface area (Å²) in [6.45, 7) is 1.50. The van der Waals surface area contributed by atoms with E-state index >= 15 is 0 Å². The summed E-state index contributed by atoms with van der Waals surface area (Å²) >= 11 is 0. The number of likely N-dealkylation sites (tertiary alicyclic amines) is 1. The standard InChI is InChI=1S/C23H23F2N5O/c24-17-5-3-6-18(25)23(17)29-22(31)15-30-13-10-16(11-14-30)19-7-4-9-21(27-19)28-20-8-1-2-12-26-20/h1-9,12,16H,10-11,13-15H2,(H,29,31)(H,26,27,28). The molecule has 0 atom stereocenters. The first kappa shape index (κ1) is 20.9. The molecule has 2 N–H and O–H groups in total. The number of halogens is 2. The van der Waals surface area contributed by atoms with Gasteiger partial charge in [-0.1, -0.05) is 18.2 Å². The Balaban J connectivity index is 1.30. The minimum Gasteiger partial charge on any atom is -0.325 e. The highest BCUT2D eigenvalue weighted by Gasteiger charge is 2.23. The predicted octanol–water partition coefficient (Wildman–Crippen LogP) is 4.32. The average Bonchev–Trinajstić information content (AvgIpc) is 2.78. The summed E-state index contributed by atoms with van der Waals surface area (Å²) in [4.78, 5) is 23.2. The Morgan fingerprint density at radius 2 is 1.68 bits per heavy atom. The Kier molecular flexibility index (Phi) is 6.47. The molecule has 0 unspecified atom stereocenters. The quantitative estimate of drug-likeness (QED) is 0.618. The van der Waals surface area contributed by atoms with Crippen LogP contribution in [-0.4, -0.2) is 40.4 Å². The minimum atomic E-state index is -0.780. The first-order valence-electron chi connectivity index (χ1n) is 10.2. The number of anilines is 3. The van der Waals surface area contributed by atoms with E-state index in [4.69, 9.17) is 4.98 Å². The smallest absolute Gasteiger partial charge is 0.238 e. The fourth-order valence-corrected chi connectivity index (χ4v) is 3.70. The normalized spacial score (nSPS) is 14.9. The maximum atomic E-state index is 13.7. The monoisotopic (exact) mass is 423 g/mol. The number of carbonyl (C=O) groups is 1. The zero-order valence-electron chi connectivity index (χ0n) is 16.9. The van der Waals surface area contributed by atoms with Gasteiger partial charge in [0.25, 0.3) is 0 Å². The van der Waals surface area contributed by atoms with Crippen molar-refractivity contribution in [3.05, 3.63) is 78.1 Å². The van der Waals surface area contributed by atoms with E-state index in [-0.39, 0.29) is 12.5 Å². The maximum Gasteiger partial charge on any atom is 0.238 e. The lowest BCUT2D eigenvalue weighted by Crippen LogP contribution is -2.39. The molecule has 2 aromatic heterocycles. The molecule has 0 bridgehead atoms. The third-order valence-electron chi connectivity index (χ3n) is 5.29. The van der Waals surface area contributed by atoms with Crippen LogP contribution in [0.2, 0.25) is 0 Å². The lowest BCUT2D eigenvalue weighted by Gasteiger charge is -2.31. The van der Waals surface area contributed by atoms with E-state index < -0.39 is 23.2 Å². The van der Waals surface area contributed by atoms with Crippen LogP contribution in [0, 0.1) is 11.6 Å². The number of benzene rings is 1. The first-order chi connectivity index (χ1) is 15.1. The highest BCUT2D eigenvalue weighted by molar-refractivity contribution is 5.92. The largest absolute Gasteiger partial charge is 0.325 e. The maximum absolute atomic E-state index is 13.7. The van der Waals surface area contributed by atoms with Gasteiger partial charge in [-0.2, -0.15) is 0 Å². The molecule has 31 heavy (non-hydrogen) atoms. The van der Waals surface area contributed by atoms with E-state index in [1.807, 2.05) is 41.3 Å². The third-order valence-corrected chi connectivity index (χ3v) is 5.29. The SMILES string of the molecule is O=C(CN1CCC(c2cccc(Nc3ccccn3)n2)CC1)Nc1c(F)cccc1F. The van der Waals surface area contributed by atoms with Gasteiger partial charge in [0.15, 0.2) is 0 Å². The van der Waals surface area contributed by atoms with Crippen molar-refractivity contribution in [2.75, 3.05) is 30.3 Å². The highest BCUT2D eigenvalue weighted by atomic mass is 19.1. The van der Waals surface area contributed by atoms with Gasteiger partial charge in [0.2, 0.25) is 5.91 Å². The lowest BCUT2D eigenvalue weighted by atomic mass is 9.93. The van der Waals surface area contributed by atoms with E-state index in [0.717, 1.165) is 42.3 Å². The molecule has 8 heteroatoms. The summed E-state index contributed by atoms with van der Waals surface area (Å²) < 4.78 is 27.4. The Labute approximate surface area is 179 Å². The second-order valence-corrected chi connectivity index (χ2v) is 7.48. The van der Waals surface area contributed by atoms with Gasteiger partial charge in [0, 0.05) is 17.8 Å². The number of pyridine rings is 2. The summed E-state index contributed by atoms with van der Waals surface area (Å²) in [5.74, 6) is -0.227. The highest BCUT2D eigenvalue weighted by Crippen LogP contribution is 2.28. The number of piperidine rings is 1. The van der Waals surface area contributed by atoms with Crippen molar-refractivity contribution in [3.63, 3.8) is 0 Å². The third kappa shape index (κ3) is 5.40. The molecule has 1 aliphatic rings. The average molecular weight is 423 g/mol. The fraction of sp³-hybridized carbons (Fsp3) is 0.261. The van der Waals surface area contributed by atoms with Crippen LogP contribution in [0.4, 0.5) is 26.1 Å². The number of aromatic nitrogens is 2.